The van der Waals surface area contributed by atoms with Crippen LogP contribution in [-0.2, 0) is 14.3 Å². The van der Waals surface area contributed by atoms with E-state index in [1.165, 1.54) is 0 Å². The van der Waals surface area contributed by atoms with Gasteiger partial charge in [0.05, 0.1) is 12.4 Å². The molecule has 5 heteroatoms. The Morgan fingerprint density at radius 3 is 2.64 bits per heavy atom. The molecule has 0 aromatic rings. The first-order valence-electron chi connectivity index (χ1n) is 3.30. The molecule has 0 aromatic carbocycles. The minimum Gasteiger partial charge on any atom is -0.329 e. The van der Waals surface area contributed by atoms with Gasteiger partial charge in [0.15, 0.2) is 0 Å². The Kier molecular flexibility index (Phi) is 5.10. The van der Waals surface area contributed by atoms with E-state index in [4.69, 9.17) is 5.73 Å². The van der Waals surface area contributed by atoms with E-state index in [1.54, 1.807) is 6.08 Å². The average Bonchev–Trinajstić information content (AvgIpc) is 1.87. The second kappa shape index (κ2) is 5.29. The molecule has 11 heavy (non-hydrogen) atoms. The van der Waals surface area contributed by atoms with Gasteiger partial charge in [-0.3, -0.25) is 4.18 Å². The standard InChI is InChI=1S/C6H13NO3S/c1-2-3-5-10-11(8,9)6-4-7/h2H,1,3-7H2. The van der Waals surface area contributed by atoms with Gasteiger partial charge in [-0.15, -0.1) is 6.58 Å². The van der Waals surface area contributed by atoms with E-state index >= 15 is 0 Å². The first kappa shape index (κ1) is 10.6. The number of rotatable bonds is 6. The maximum absolute atomic E-state index is 10.8. The summed E-state index contributed by atoms with van der Waals surface area (Å²) in [5, 5.41) is 0. The predicted octanol–water partition coefficient (Wildman–Crippen LogP) is -0.132. The fraction of sp³-hybridized carbons (Fsp3) is 0.667. The molecule has 0 saturated heterocycles. The summed E-state index contributed by atoms with van der Waals surface area (Å²) in [5.41, 5.74) is 5.04. The number of hydrogen-bond acceptors (Lipinski definition) is 4. The van der Waals surface area contributed by atoms with Crippen molar-refractivity contribution < 1.29 is 12.6 Å². The minimum atomic E-state index is -3.38. The van der Waals surface area contributed by atoms with Crippen LogP contribution >= 0.6 is 0 Å². The highest BCUT2D eigenvalue weighted by Crippen LogP contribution is 1.93. The molecule has 0 fully saturated rings. The number of nitrogens with two attached hydrogens (primary N) is 1. The zero-order chi connectivity index (χ0) is 8.74. The van der Waals surface area contributed by atoms with Gasteiger partial charge in [0.1, 0.15) is 0 Å². The summed E-state index contributed by atoms with van der Waals surface area (Å²) in [6.07, 6.45) is 2.13. The van der Waals surface area contributed by atoms with E-state index in [9.17, 15) is 8.42 Å². The predicted molar refractivity (Wildman–Crippen MR) is 43.6 cm³/mol. The maximum atomic E-state index is 10.8. The van der Waals surface area contributed by atoms with Crippen molar-refractivity contribution in [3.8, 4) is 0 Å². The van der Waals surface area contributed by atoms with Gasteiger partial charge < -0.3 is 5.73 Å². The van der Waals surface area contributed by atoms with Crippen molar-refractivity contribution in [1.82, 2.24) is 0 Å². The van der Waals surface area contributed by atoms with E-state index in [0.717, 1.165) is 0 Å². The lowest BCUT2D eigenvalue weighted by Crippen LogP contribution is -2.18. The smallest absolute Gasteiger partial charge is 0.268 e. The van der Waals surface area contributed by atoms with Gasteiger partial charge in [0.2, 0.25) is 0 Å². The lowest BCUT2D eigenvalue weighted by atomic mass is 10.5. The van der Waals surface area contributed by atoms with Crippen molar-refractivity contribution in [3.05, 3.63) is 12.7 Å². The maximum Gasteiger partial charge on any atom is 0.268 e. The first-order chi connectivity index (χ1) is 5.12. The molecule has 0 aliphatic heterocycles. The Hall–Kier alpha value is -0.390. The summed E-state index contributed by atoms with van der Waals surface area (Å²) in [6.45, 7) is 3.68. The van der Waals surface area contributed by atoms with Crippen LogP contribution in [0.15, 0.2) is 12.7 Å². The molecular formula is C6H13NO3S. The van der Waals surface area contributed by atoms with Crippen LogP contribution in [0.2, 0.25) is 0 Å². The van der Waals surface area contributed by atoms with Crippen molar-refractivity contribution in [2.24, 2.45) is 5.73 Å². The molecule has 0 saturated carbocycles. The van der Waals surface area contributed by atoms with E-state index in [2.05, 4.69) is 10.8 Å². The van der Waals surface area contributed by atoms with Gasteiger partial charge in [-0.1, -0.05) is 6.08 Å². The van der Waals surface area contributed by atoms with Crippen LogP contribution in [0.4, 0.5) is 0 Å². The Bertz CT molecular complexity index is 198. The molecule has 0 aliphatic rings. The first-order valence-corrected chi connectivity index (χ1v) is 4.88. The van der Waals surface area contributed by atoms with E-state index in [0.29, 0.717) is 6.42 Å². The van der Waals surface area contributed by atoms with Crippen LogP contribution in [-0.4, -0.2) is 27.3 Å². The molecule has 0 rings (SSSR count). The molecule has 66 valence electrons. The summed E-state index contributed by atoms with van der Waals surface area (Å²) in [4.78, 5) is 0. The monoisotopic (exact) mass is 179 g/mol. The average molecular weight is 179 g/mol. The summed E-state index contributed by atoms with van der Waals surface area (Å²) >= 11 is 0. The van der Waals surface area contributed by atoms with Crippen LogP contribution in [0.5, 0.6) is 0 Å². The lowest BCUT2D eigenvalue weighted by molar-refractivity contribution is 0.325. The minimum absolute atomic E-state index is 0.0937. The summed E-state index contributed by atoms with van der Waals surface area (Å²) in [6, 6.07) is 0. The molecule has 0 aromatic heterocycles. The van der Waals surface area contributed by atoms with Crippen molar-refractivity contribution >= 4 is 10.1 Å². The molecule has 0 bridgehead atoms. The second-order valence-electron chi connectivity index (χ2n) is 1.95. The van der Waals surface area contributed by atoms with Crippen molar-refractivity contribution in [2.75, 3.05) is 18.9 Å². The van der Waals surface area contributed by atoms with Crippen LogP contribution in [0.25, 0.3) is 0 Å². The third-order valence-electron chi connectivity index (χ3n) is 0.953. The normalized spacial score (nSPS) is 11.4. The fourth-order valence-electron chi connectivity index (χ4n) is 0.462. The quantitative estimate of drug-likeness (QED) is 0.350. The summed E-state index contributed by atoms with van der Waals surface area (Å²) < 4.78 is 26.1. The largest absolute Gasteiger partial charge is 0.329 e. The van der Waals surface area contributed by atoms with Crippen LogP contribution < -0.4 is 5.73 Å². The SMILES string of the molecule is C=CCCOS(=O)(=O)CCN. The van der Waals surface area contributed by atoms with Crippen molar-refractivity contribution in [2.45, 2.75) is 6.42 Å². The third-order valence-corrected chi connectivity index (χ3v) is 2.21. The highest BCUT2D eigenvalue weighted by molar-refractivity contribution is 7.86. The zero-order valence-electron chi connectivity index (χ0n) is 6.32. The van der Waals surface area contributed by atoms with Crippen LogP contribution in [0.3, 0.4) is 0 Å². The van der Waals surface area contributed by atoms with E-state index in [1.807, 2.05) is 0 Å². The van der Waals surface area contributed by atoms with E-state index < -0.39 is 10.1 Å². The fourth-order valence-corrected chi connectivity index (χ4v) is 1.22. The van der Waals surface area contributed by atoms with Gasteiger partial charge in [-0.2, -0.15) is 8.42 Å². The highest BCUT2D eigenvalue weighted by atomic mass is 32.2. The molecule has 2 N–H and O–H groups in total. The van der Waals surface area contributed by atoms with E-state index in [-0.39, 0.29) is 18.9 Å². The van der Waals surface area contributed by atoms with Gasteiger partial charge in [-0.05, 0) is 6.42 Å². The third kappa shape index (κ3) is 6.03. The molecule has 4 nitrogen and oxygen atoms in total. The van der Waals surface area contributed by atoms with Crippen LogP contribution in [0.1, 0.15) is 6.42 Å². The Morgan fingerprint density at radius 1 is 1.55 bits per heavy atom. The zero-order valence-corrected chi connectivity index (χ0v) is 7.14. The molecule has 0 radical (unpaired) electrons. The molecule has 0 amide bonds. The number of hydrogen-bond donors (Lipinski definition) is 1. The van der Waals surface area contributed by atoms with Gasteiger partial charge >= 0.3 is 0 Å². The second-order valence-corrected chi connectivity index (χ2v) is 3.71. The molecular weight excluding hydrogens is 166 g/mol. The topological polar surface area (TPSA) is 69.4 Å². The Balaban J connectivity index is 3.64. The lowest BCUT2D eigenvalue weighted by Gasteiger charge is -2.00. The Labute approximate surface area is 67.2 Å². The molecule has 0 spiro atoms. The molecule has 0 unspecified atom stereocenters. The molecule has 0 atom stereocenters. The van der Waals surface area contributed by atoms with Crippen LogP contribution in [0, 0.1) is 0 Å². The van der Waals surface area contributed by atoms with Gasteiger partial charge in [0.25, 0.3) is 10.1 Å². The molecule has 0 aliphatic carbocycles. The van der Waals surface area contributed by atoms with Crippen molar-refractivity contribution in [3.63, 3.8) is 0 Å². The Morgan fingerprint density at radius 2 is 2.18 bits per heavy atom. The van der Waals surface area contributed by atoms with Crippen molar-refractivity contribution in [1.29, 1.82) is 0 Å². The summed E-state index contributed by atoms with van der Waals surface area (Å²) in [7, 11) is -3.38. The highest BCUT2D eigenvalue weighted by Gasteiger charge is 2.07. The van der Waals surface area contributed by atoms with Gasteiger partial charge in [0, 0.05) is 6.54 Å². The molecule has 0 heterocycles. The summed E-state index contributed by atoms with van der Waals surface area (Å²) in [5.74, 6) is -0.121. The van der Waals surface area contributed by atoms with Gasteiger partial charge in [-0.25, -0.2) is 0 Å².